The monoisotopic (exact) mass is 531 g/mol. The van der Waals surface area contributed by atoms with E-state index in [0.717, 1.165) is 56.8 Å². The van der Waals surface area contributed by atoms with Crippen molar-refractivity contribution in [2.45, 2.75) is 33.7 Å². The lowest BCUT2D eigenvalue weighted by Crippen LogP contribution is -2.53. The highest BCUT2D eigenvalue weighted by Gasteiger charge is 2.20. The summed E-state index contributed by atoms with van der Waals surface area (Å²) in [7, 11) is 1.99. The summed E-state index contributed by atoms with van der Waals surface area (Å²) in [6.07, 6.45) is 1.02. The minimum absolute atomic E-state index is 0. The SMILES string of the molecule is Cc1nnc(CN=C(NCCc2cccs2)N2CCN(CC(C)C)CC2)n1C.I. The largest absolute Gasteiger partial charge is 0.356 e. The highest BCUT2D eigenvalue weighted by atomic mass is 127. The number of hydrogen-bond acceptors (Lipinski definition) is 5. The number of aliphatic imine (C=N–C) groups is 1. The predicted molar refractivity (Wildman–Crippen MR) is 131 cm³/mol. The van der Waals surface area contributed by atoms with Crippen molar-refractivity contribution in [3.63, 3.8) is 0 Å². The van der Waals surface area contributed by atoms with Crippen LogP contribution in [0.2, 0.25) is 0 Å². The third-order valence-corrected chi connectivity index (χ3v) is 6.02. The molecule has 0 bridgehead atoms. The number of aromatic nitrogens is 3. The van der Waals surface area contributed by atoms with Gasteiger partial charge in [0.15, 0.2) is 11.8 Å². The molecule has 162 valence electrons. The first-order chi connectivity index (χ1) is 13.5. The van der Waals surface area contributed by atoms with Gasteiger partial charge in [0.05, 0.1) is 0 Å². The minimum atomic E-state index is 0. The van der Waals surface area contributed by atoms with Crippen LogP contribution in [0.1, 0.15) is 30.4 Å². The average molecular weight is 532 g/mol. The van der Waals surface area contributed by atoms with Crippen LogP contribution in [0.4, 0.5) is 0 Å². The van der Waals surface area contributed by atoms with Crippen LogP contribution < -0.4 is 5.32 Å². The van der Waals surface area contributed by atoms with Crippen molar-refractivity contribution in [2.24, 2.45) is 18.0 Å². The van der Waals surface area contributed by atoms with E-state index >= 15 is 0 Å². The molecule has 1 saturated heterocycles. The Morgan fingerprint density at radius 2 is 2.00 bits per heavy atom. The lowest BCUT2D eigenvalue weighted by Gasteiger charge is -2.37. The van der Waals surface area contributed by atoms with Crippen LogP contribution in [0.5, 0.6) is 0 Å². The van der Waals surface area contributed by atoms with Crippen LogP contribution in [0.15, 0.2) is 22.5 Å². The number of rotatable bonds is 7. The van der Waals surface area contributed by atoms with E-state index < -0.39 is 0 Å². The fraction of sp³-hybridized carbons (Fsp3) is 0.650. The predicted octanol–water partition coefficient (Wildman–Crippen LogP) is 2.76. The summed E-state index contributed by atoms with van der Waals surface area (Å²) >= 11 is 1.81. The highest BCUT2D eigenvalue weighted by Crippen LogP contribution is 2.09. The van der Waals surface area contributed by atoms with E-state index in [2.05, 4.69) is 56.7 Å². The van der Waals surface area contributed by atoms with Gasteiger partial charge in [-0.3, -0.25) is 4.90 Å². The molecule has 29 heavy (non-hydrogen) atoms. The molecule has 0 spiro atoms. The molecule has 3 heterocycles. The van der Waals surface area contributed by atoms with Crippen LogP contribution in [-0.2, 0) is 20.0 Å². The fourth-order valence-electron chi connectivity index (χ4n) is 3.41. The molecule has 0 saturated carbocycles. The summed E-state index contributed by atoms with van der Waals surface area (Å²) < 4.78 is 2.01. The van der Waals surface area contributed by atoms with Gasteiger partial charge in [0, 0.05) is 51.2 Å². The van der Waals surface area contributed by atoms with Gasteiger partial charge in [-0.1, -0.05) is 19.9 Å². The van der Waals surface area contributed by atoms with E-state index in [1.807, 2.05) is 29.9 Å². The van der Waals surface area contributed by atoms with Crippen molar-refractivity contribution in [1.82, 2.24) is 29.9 Å². The Hall–Kier alpha value is -1.20. The number of nitrogens with one attached hydrogen (secondary N) is 1. The van der Waals surface area contributed by atoms with Gasteiger partial charge in [0.25, 0.3) is 0 Å². The van der Waals surface area contributed by atoms with Crippen molar-refractivity contribution in [2.75, 3.05) is 39.3 Å². The summed E-state index contributed by atoms with van der Waals surface area (Å²) in [4.78, 5) is 11.2. The molecular formula is C20H34IN7S. The molecule has 3 rings (SSSR count). The van der Waals surface area contributed by atoms with Gasteiger partial charge < -0.3 is 14.8 Å². The first kappa shape index (κ1) is 24.1. The van der Waals surface area contributed by atoms with Gasteiger partial charge in [0.1, 0.15) is 12.4 Å². The summed E-state index contributed by atoms with van der Waals surface area (Å²) in [6.45, 7) is 13.3. The van der Waals surface area contributed by atoms with Crippen LogP contribution in [0.3, 0.4) is 0 Å². The molecule has 0 unspecified atom stereocenters. The Morgan fingerprint density at radius 3 is 2.59 bits per heavy atom. The maximum atomic E-state index is 4.89. The second-order valence-electron chi connectivity index (χ2n) is 7.80. The quantitative estimate of drug-likeness (QED) is 0.338. The first-order valence-corrected chi connectivity index (χ1v) is 11.0. The zero-order valence-corrected chi connectivity index (χ0v) is 21.1. The van der Waals surface area contributed by atoms with E-state index in [-0.39, 0.29) is 24.0 Å². The van der Waals surface area contributed by atoms with Gasteiger partial charge in [-0.05, 0) is 30.7 Å². The topological polar surface area (TPSA) is 61.6 Å². The highest BCUT2D eigenvalue weighted by molar-refractivity contribution is 14.0. The second-order valence-corrected chi connectivity index (χ2v) is 8.83. The molecule has 2 aromatic heterocycles. The lowest BCUT2D eigenvalue weighted by molar-refractivity contribution is 0.164. The number of piperazine rings is 1. The maximum absolute atomic E-state index is 4.89. The summed E-state index contributed by atoms with van der Waals surface area (Å²) in [5.74, 6) is 3.51. The van der Waals surface area contributed by atoms with E-state index in [0.29, 0.717) is 12.5 Å². The van der Waals surface area contributed by atoms with Crippen molar-refractivity contribution < 1.29 is 0 Å². The third-order valence-electron chi connectivity index (χ3n) is 5.08. The van der Waals surface area contributed by atoms with E-state index in [1.54, 1.807) is 0 Å². The number of hydrogen-bond donors (Lipinski definition) is 1. The molecule has 0 aromatic carbocycles. The van der Waals surface area contributed by atoms with Crippen molar-refractivity contribution in [3.8, 4) is 0 Å². The molecule has 1 N–H and O–H groups in total. The number of halogens is 1. The van der Waals surface area contributed by atoms with Gasteiger partial charge >= 0.3 is 0 Å². The van der Waals surface area contributed by atoms with Crippen molar-refractivity contribution in [3.05, 3.63) is 34.0 Å². The van der Waals surface area contributed by atoms with Crippen LogP contribution in [0.25, 0.3) is 0 Å². The zero-order valence-electron chi connectivity index (χ0n) is 18.0. The van der Waals surface area contributed by atoms with E-state index in [9.17, 15) is 0 Å². The Bertz CT molecular complexity index is 749. The summed E-state index contributed by atoms with van der Waals surface area (Å²) in [6, 6.07) is 4.30. The molecule has 0 aliphatic carbocycles. The Balaban J connectivity index is 0.00000300. The normalized spacial score (nSPS) is 15.6. The van der Waals surface area contributed by atoms with Crippen molar-refractivity contribution in [1.29, 1.82) is 0 Å². The molecule has 0 atom stereocenters. The zero-order chi connectivity index (χ0) is 19.9. The molecular weight excluding hydrogens is 497 g/mol. The fourth-order valence-corrected chi connectivity index (χ4v) is 4.12. The molecule has 9 heteroatoms. The van der Waals surface area contributed by atoms with Crippen molar-refractivity contribution >= 4 is 41.3 Å². The Labute approximate surface area is 195 Å². The molecule has 2 aromatic rings. The summed E-state index contributed by atoms with van der Waals surface area (Å²) in [5.41, 5.74) is 0. The standard InChI is InChI=1S/C20H33N7S.HI/c1-16(2)15-26-9-11-27(12-10-26)20(21-8-7-18-6-5-13-28-18)22-14-19-24-23-17(3)25(19)4;/h5-6,13,16H,7-12,14-15H2,1-4H3,(H,21,22);1H. The smallest absolute Gasteiger partial charge is 0.194 e. The molecule has 7 nitrogen and oxygen atoms in total. The Kier molecular flexibility index (Phi) is 9.84. The van der Waals surface area contributed by atoms with E-state index in [1.165, 1.54) is 11.4 Å². The summed E-state index contributed by atoms with van der Waals surface area (Å²) in [5, 5.41) is 14.1. The maximum Gasteiger partial charge on any atom is 0.194 e. The molecule has 1 aliphatic heterocycles. The Morgan fingerprint density at radius 1 is 1.24 bits per heavy atom. The van der Waals surface area contributed by atoms with Crippen LogP contribution in [-0.4, -0.2) is 69.8 Å². The second kappa shape index (κ2) is 11.8. The molecule has 0 amide bonds. The molecule has 1 fully saturated rings. The first-order valence-electron chi connectivity index (χ1n) is 10.2. The van der Waals surface area contributed by atoms with Crippen LogP contribution in [0, 0.1) is 12.8 Å². The number of guanidine groups is 1. The molecule has 0 radical (unpaired) electrons. The average Bonchev–Trinajstić information content (AvgIpc) is 3.30. The number of thiophene rings is 1. The van der Waals surface area contributed by atoms with Gasteiger partial charge in [-0.15, -0.1) is 45.5 Å². The molecule has 1 aliphatic rings. The van der Waals surface area contributed by atoms with Crippen LogP contribution >= 0.6 is 35.3 Å². The number of aryl methyl sites for hydroxylation is 1. The van der Waals surface area contributed by atoms with Gasteiger partial charge in [-0.25, -0.2) is 4.99 Å². The van der Waals surface area contributed by atoms with E-state index in [4.69, 9.17) is 4.99 Å². The lowest BCUT2D eigenvalue weighted by atomic mass is 10.2. The minimum Gasteiger partial charge on any atom is -0.356 e. The number of nitrogens with zero attached hydrogens (tertiary/aromatic N) is 6. The van der Waals surface area contributed by atoms with Gasteiger partial charge in [-0.2, -0.15) is 0 Å². The van der Waals surface area contributed by atoms with Gasteiger partial charge in [0.2, 0.25) is 0 Å². The third kappa shape index (κ3) is 7.21.